The molecule has 5 rings (SSSR count). The Bertz CT molecular complexity index is 1660. The van der Waals surface area contributed by atoms with Crippen LogP contribution in [0.3, 0.4) is 0 Å². The molecule has 3 heterocycles. The second-order valence-corrected chi connectivity index (χ2v) is 12.3. The number of para-hydroxylation sites is 1. The molecule has 42 heavy (non-hydrogen) atoms. The fourth-order valence-electron chi connectivity index (χ4n) is 5.16. The molecule has 1 aromatic heterocycles. The molecule has 9 nitrogen and oxygen atoms in total. The summed E-state index contributed by atoms with van der Waals surface area (Å²) in [4.78, 5) is 65.5. The van der Waals surface area contributed by atoms with Crippen LogP contribution in [0.15, 0.2) is 58.4 Å². The van der Waals surface area contributed by atoms with Gasteiger partial charge in [-0.05, 0) is 43.3 Å². The lowest BCUT2D eigenvalue weighted by Crippen LogP contribution is -2.42. The van der Waals surface area contributed by atoms with Gasteiger partial charge in [-0.1, -0.05) is 49.1 Å². The Labute approximate surface area is 245 Å². The van der Waals surface area contributed by atoms with E-state index in [4.69, 9.17) is 4.74 Å². The number of imide groups is 1. The zero-order chi connectivity index (χ0) is 30.6. The number of carbonyl (C=O) groups is 4. The number of thioether (sulfide) groups is 1. The third-order valence-electron chi connectivity index (χ3n) is 7.14. The number of fused-ring (bicyclic) bond motifs is 2. The second kappa shape index (κ2) is 10.7. The normalized spacial score (nSPS) is 19.3. The number of thiazole rings is 1. The van der Waals surface area contributed by atoms with Crippen LogP contribution in [0.5, 0.6) is 0 Å². The molecule has 2 aromatic carbocycles. The minimum absolute atomic E-state index is 0.214. The van der Waals surface area contributed by atoms with Gasteiger partial charge in [0.2, 0.25) is 17.7 Å². The van der Waals surface area contributed by atoms with Crippen LogP contribution in [0.4, 0.5) is 24.5 Å². The van der Waals surface area contributed by atoms with Gasteiger partial charge in [0.1, 0.15) is 11.8 Å². The third kappa shape index (κ3) is 5.02. The van der Waals surface area contributed by atoms with Crippen LogP contribution in [0.25, 0.3) is 0 Å². The summed E-state index contributed by atoms with van der Waals surface area (Å²) in [5.41, 5.74) is -2.07. The first kappa shape index (κ1) is 29.6. The lowest BCUT2D eigenvalue weighted by Gasteiger charge is -2.36. The number of rotatable bonds is 6. The smallest absolute Gasteiger partial charge is 0.418 e. The molecule has 1 fully saturated rings. The quantitative estimate of drug-likeness (QED) is 0.315. The fourth-order valence-corrected chi connectivity index (χ4v) is 8.20. The van der Waals surface area contributed by atoms with Crippen LogP contribution < -0.4 is 15.1 Å². The average molecular weight is 620 g/mol. The molecule has 3 amide bonds. The van der Waals surface area contributed by atoms with E-state index >= 15 is 0 Å². The van der Waals surface area contributed by atoms with Crippen molar-refractivity contribution in [1.29, 1.82) is 0 Å². The number of amides is 3. The summed E-state index contributed by atoms with van der Waals surface area (Å²) in [5.74, 6) is -3.69. The number of benzene rings is 2. The van der Waals surface area contributed by atoms with Crippen LogP contribution in [-0.4, -0.2) is 40.1 Å². The van der Waals surface area contributed by atoms with Gasteiger partial charge in [-0.3, -0.25) is 23.7 Å². The molecule has 3 aromatic rings. The predicted octanol–water partition coefficient (Wildman–Crippen LogP) is 4.69. The number of alkyl halides is 3. The standard InChI is InChI=1S/C28H24F3N3O6S2/c1-4-40-25(38)14-9-11-15(12-10-14)32-18(35)13-33-24-21(42-26(33)39)27(2,3)19-20(41-24)23(37)34(22(19)36)17-8-6-5-7-16(17)28(29,30)31/h5-12,19-20H,4,13H2,1-3H3,(H,32,35). The van der Waals surface area contributed by atoms with Crippen molar-refractivity contribution in [2.24, 2.45) is 5.92 Å². The van der Waals surface area contributed by atoms with Crippen molar-refractivity contribution >= 4 is 58.2 Å². The molecule has 0 radical (unpaired) electrons. The zero-order valence-electron chi connectivity index (χ0n) is 22.5. The van der Waals surface area contributed by atoms with E-state index < -0.39 is 69.1 Å². The first-order chi connectivity index (χ1) is 19.8. The highest BCUT2D eigenvalue weighted by molar-refractivity contribution is 8.00. The summed E-state index contributed by atoms with van der Waals surface area (Å²) in [6.07, 6.45) is -4.79. The summed E-state index contributed by atoms with van der Waals surface area (Å²) in [6.45, 7) is 4.82. The summed E-state index contributed by atoms with van der Waals surface area (Å²) in [5, 5.41) is 1.87. The molecule has 220 valence electrons. The Kier molecular flexibility index (Phi) is 7.56. The van der Waals surface area contributed by atoms with Gasteiger partial charge in [0.25, 0.3) is 0 Å². The van der Waals surface area contributed by atoms with E-state index in [0.29, 0.717) is 26.1 Å². The van der Waals surface area contributed by atoms with Gasteiger partial charge in [-0.2, -0.15) is 13.2 Å². The van der Waals surface area contributed by atoms with E-state index in [-0.39, 0.29) is 6.61 Å². The molecule has 0 bridgehead atoms. The van der Waals surface area contributed by atoms with E-state index in [9.17, 15) is 37.1 Å². The van der Waals surface area contributed by atoms with E-state index in [2.05, 4.69) is 5.32 Å². The maximum Gasteiger partial charge on any atom is 0.418 e. The summed E-state index contributed by atoms with van der Waals surface area (Å²) < 4.78 is 47.4. The van der Waals surface area contributed by atoms with Gasteiger partial charge in [-0.25, -0.2) is 9.69 Å². The van der Waals surface area contributed by atoms with Crippen molar-refractivity contribution in [3.05, 3.63) is 74.2 Å². The molecular formula is C28H24F3N3O6S2. The molecule has 1 N–H and O–H groups in total. The average Bonchev–Trinajstić information content (AvgIpc) is 3.37. The number of hydrogen-bond donors (Lipinski definition) is 1. The van der Waals surface area contributed by atoms with E-state index in [1.54, 1.807) is 20.8 Å². The number of esters is 1. The molecule has 0 spiro atoms. The largest absolute Gasteiger partial charge is 0.462 e. The zero-order valence-corrected chi connectivity index (χ0v) is 24.1. The van der Waals surface area contributed by atoms with E-state index in [0.717, 1.165) is 35.2 Å². The third-order valence-corrected chi connectivity index (χ3v) is 9.96. The van der Waals surface area contributed by atoms with Gasteiger partial charge in [-0.15, -0.1) is 0 Å². The topological polar surface area (TPSA) is 115 Å². The van der Waals surface area contributed by atoms with Crippen molar-refractivity contribution in [1.82, 2.24) is 4.57 Å². The second-order valence-electron chi connectivity index (χ2n) is 10.2. The summed E-state index contributed by atoms with van der Waals surface area (Å²) >= 11 is 1.74. The van der Waals surface area contributed by atoms with Crippen molar-refractivity contribution < 1.29 is 37.1 Å². The SMILES string of the molecule is CCOC(=O)c1ccc(NC(=O)Cn2c3c(sc2=O)C(C)(C)C2C(=O)N(c4ccccc4C(F)(F)F)C(=O)C2S3)cc1. The highest BCUT2D eigenvalue weighted by Crippen LogP contribution is 2.55. The maximum absolute atomic E-state index is 13.8. The molecular weight excluding hydrogens is 595 g/mol. The van der Waals surface area contributed by atoms with Crippen molar-refractivity contribution in [3.63, 3.8) is 0 Å². The van der Waals surface area contributed by atoms with E-state index in [1.807, 2.05) is 0 Å². The fraction of sp³-hybridized carbons (Fsp3) is 0.321. The number of halogens is 3. The molecule has 1 saturated heterocycles. The number of nitrogens with one attached hydrogen (secondary N) is 1. The Morgan fingerprint density at radius 1 is 1.02 bits per heavy atom. The Hall–Kier alpha value is -3.91. The monoisotopic (exact) mass is 619 g/mol. The number of anilines is 2. The van der Waals surface area contributed by atoms with E-state index in [1.165, 1.54) is 41.0 Å². The predicted molar refractivity (Wildman–Crippen MR) is 150 cm³/mol. The first-order valence-corrected chi connectivity index (χ1v) is 14.5. The number of carbonyl (C=O) groups excluding carboxylic acids is 4. The highest BCUT2D eigenvalue weighted by atomic mass is 32.2. The number of nitrogens with zero attached hydrogens (tertiary/aromatic N) is 2. The van der Waals surface area contributed by atoms with Gasteiger partial charge >= 0.3 is 17.0 Å². The van der Waals surface area contributed by atoms with Crippen LogP contribution in [0, 0.1) is 5.92 Å². The van der Waals surface area contributed by atoms with Crippen molar-refractivity contribution in [2.45, 2.75) is 49.2 Å². The molecule has 2 atom stereocenters. The molecule has 2 aliphatic heterocycles. The molecule has 0 saturated carbocycles. The van der Waals surface area contributed by atoms with Crippen LogP contribution >= 0.6 is 23.1 Å². The lowest BCUT2D eigenvalue weighted by molar-refractivity contribution is -0.137. The van der Waals surface area contributed by atoms with Gasteiger partial charge in [0, 0.05) is 16.0 Å². The van der Waals surface area contributed by atoms with Gasteiger partial charge in [0.15, 0.2) is 0 Å². The highest BCUT2D eigenvalue weighted by Gasteiger charge is 2.60. The molecule has 0 aliphatic carbocycles. The minimum atomic E-state index is -4.79. The Morgan fingerprint density at radius 3 is 2.33 bits per heavy atom. The lowest BCUT2D eigenvalue weighted by atomic mass is 9.76. The number of hydrogen-bond acceptors (Lipinski definition) is 8. The maximum atomic E-state index is 13.8. The first-order valence-electron chi connectivity index (χ1n) is 12.8. The van der Waals surface area contributed by atoms with Crippen LogP contribution in [0.1, 0.15) is 41.6 Å². The molecule has 2 aliphatic rings. The Balaban J connectivity index is 1.42. The van der Waals surface area contributed by atoms with Crippen molar-refractivity contribution in [3.8, 4) is 0 Å². The van der Waals surface area contributed by atoms with Crippen LogP contribution in [-0.2, 0) is 37.3 Å². The summed E-state index contributed by atoms with van der Waals surface area (Å²) in [7, 11) is 0. The molecule has 14 heteroatoms. The molecule has 2 unspecified atom stereocenters. The number of ether oxygens (including phenoxy) is 1. The minimum Gasteiger partial charge on any atom is -0.462 e. The summed E-state index contributed by atoms with van der Waals surface area (Å²) in [6, 6.07) is 10.4. The van der Waals surface area contributed by atoms with Crippen LogP contribution in [0.2, 0.25) is 0 Å². The van der Waals surface area contributed by atoms with Crippen molar-refractivity contribution in [2.75, 3.05) is 16.8 Å². The van der Waals surface area contributed by atoms with Gasteiger partial charge in [0.05, 0.1) is 34.4 Å². The number of aromatic nitrogens is 1. The Morgan fingerprint density at radius 2 is 1.69 bits per heavy atom. The van der Waals surface area contributed by atoms with Gasteiger partial charge < -0.3 is 10.1 Å².